The van der Waals surface area contributed by atoms with E-state index >= 15 is 0 Å². The zero-order valence-electron chi connectivity index (χ0n) is 16.1. The van der Waals surface area contributed by atoms with Gasteiger partial charge in [-0.2, -0.15) is 10.2 Å². The predicted octanol–water partition coefficient (Wildman–Crippen LogP) is -7.26. The van der Waals surface area contributed by atoms with Crippen LogP contribution in [0.3, 0.4) is 0 Å². The third-order valence-electron chi connectivity index (χ3n) is 4.42. The van der Waals surface area contributed by atoms with Crippen LogP contribution in [0.1, 0.15) is 50.9 Å². The minimum atomic E-state index is 0. The number of hydrogen-bond acceptors (Lipinski definition) is 7. The Morgan fingerprint density at radius 2 is 1.14 bits per heavy atom. The van der Waals surface area contributed by atoms with Crippen LogP contribution in [0.2, 0.25) is 0 Å². The number of rotatable bonds is 6. The molecule has 0 saturated carbocycles. The van der Waals surface area contributed by atoms with Crippen molar-refractivity contribution in [3.05, 3.63) is 29.6 Å². The Balaban J connectivity index is 0. The third-order valence-corrected chi connectivity index (χ3v) is 4.42. The van der Waals surface area contributed by atoms with Crippen LogP contribution < -0.4 is 48.3 Å². The molecular formula is C17H27Cl3FeN7. The second-order valence-corrected chi connectivity index (χ2v) is 6.39. The minimum absolute atomic E-state index is 0. The van der Waals surface area contributed by atoms with Gasteiger partial charge in [0.1, 0.15) is 0 Å². The fraction of sp³-hybridized carbons (Fsp3) is 0.588. The van der Waals surface area contributed by atoms with Crippen LogP contribution in [-0.2, 0) is 17.1 Å². The zero-order chi connectivity index (χ0) is 16.8. The Labute approximate surface area is 196 Å². The summed E-state index contributed by atoms with van der Waals surface area (Å²) in [6.07, 6.45) is 4.92. The average molecular weight is 492 g/mol. The van der Waals surface area contributed by atoms with Crippen molar-refractivity contribution in [2.45, 2.75) is 39.5 Å². The molecule has 0 spiro atoms. The summed E-state index contributed by atoms with van der Waals surface area (Å²) in [5, 5.41) is 13.2. The second-order valence-electron chi connectivity index (χ2n) is 6.39. The van der Waals surface area contributed by atoms with E-state index in [1.54, 1.807) is 0 Å². The number of aromatic nitrogens is 1. The molecular weight excluding hydrogens is 464 g/mol. The Bertz CT molecular complexity index is 569. The van der Waals surface area contributed by atoms with Gasteiger partial charge in [-0.15, -0.1) is 0 Å². The zero-order valence-corrected chi connectivity index (χ0v) is 19.5. The van der Waals surface area contributed by atoms with Crippen molar-refractivity contribution in [1.29, 1.82) is 0 Å². The van der Waals surface area contributed by atoms with Gasteiger partial charge >= 0.3 is 17.1 Å². The van der Waals surface area contributed by atoms with Gasteiger partial charge in [0.25, 0.3) is 0 Å². The first-order valence-corrected chi connectivity index (χ1v) is 8.80. The van der Waals surface area contributed by atoms with Gasteiger partial charge < -0.3 is 37.2 Å². The van der Waals surface area contributed by atoms with Gasteiger partial charge in [0.2, 0.25) is 0 Å². The summed E-state index contributed by atoms with van der Waals surface area (Å²) >= 11 is 0. The van der Waals surface area contributed by atoms with E-state index in [2.05, 4.69) is 36.3 Å². The van der Waals surface area contributed by atoms with Crippen molar-refractivity contribution in [3.8, 4) is 0 Å². The number of pyridine rings is 1. The van der Waals surface area contributed by atoms with E-state index in [1.807, 2.05) is 32.0 Å². The minimum Gasteiger partial charge on any atom is -1.00 e. The van der Waals surface area contributed by atoms with E-state index in [1.165, 1.54) is 25.7 Å². The molecule has 28 heavy (non-hydrogen) atoms. The van der Waals surface area contributed by atoms with E-state index in [9.17, 15) is 0 Å². The Morgan fingerprint density at radius 1 is 0.786 bits per heavy atom. The smallest absolute Gasteiger partial charge is 1.00 e. The molecule has 2 aliphatic heterocycles. The van der Waals surface area contributed by atoms with Gasteiger partial charge in [0.15, 0.2) is 0 Å². The number of nitrogens with zero attached hydrogens (tertiary/aromatic N) is 5. The molecule has 1 radical (unpaired) electrons. The van der Waals surface area contributed by atoms with Crippen LogP contribution in [0.15, 0.2) is 28.4 Å². The van der Waals surface area contributed by atoms with Crippen molar-refractivity contribution in [2.75, 3.05) is 26.2 Å². The Hall–Kier alpha value is -0.601. The van der Waals surface area contributed by atoms with Crippen molar-refractivity contribution < 1.29 is 54.3 Å². The van der Waals surface area contributed by atoms with E-state index in [-0.39, 0.29) is 54.3 Å². The first kappa shape index (κ1) is 29.6. The summed E-state index contributed by atoms with van der Waals surface area (Å²) in [5.74, 6) is 0. The van der Waals surface area contributed by atoms with Crippen LogP contribution in [0.4, 0.5) is 0 Å². The number of hydrogen-bond donors (Lipinski definition) is 2. The van der Waals surface area contributed by atoms with Crippen molar-refractivity contribution >= 4 is 11.4 Å². The van der Waals surface area contributed by atoms with Crippen molar-refractivity contribution in [2.24, 2.45) is 10.2 Å². The third kappa shape index (κ3) is 8.82. The van der Waals surface area contributed by atoms with Crippen molar-refractivity contribution in [1.82, 2.24) is 26.1 Å². The monoisotopic (exact) mass is 490 g/mol. The summed E-state index contributed by atoms with van der Waals surface area (Å²) in [6.45, 7) is 8.17. The van der Waals surface area contributed by atoms with E-state index in [4.69, 9.17) is 0 Å². The second kappa shape index (κ2) is 15.3. The van der Waals surface area contributed by atoms with Crippen molar-refractivity contribution in [3.63, 3.8) is 0 Å². The molecule has 3 heterocycles. The number of halogens is 3. The predicted molar refractivity (Wildman–Crippen MR) is 96.5 cm³/mol. The first-order chi connectivity index (χ1) is 11.7. The SMILES string of the molecule is CC(=NNN1CCCC1)c1cccc(C(C)=NNN2CCCC2)n1.[Cl-].[Cl-].[Cl-].[Fe+3]. The molecule has 2 aliphatic rings. The summed E-state index contributed by atoms with van der Waals surface area (Å²) in [4.78, 5) is 4.68. The van der Waals surface area contributed by atoms with Crippen LogP contribution in [0.25, 0.3) is 0 Å². The molecule has 159 valence electrons. The van der Waals surface area contributed by atoms with Gasteiger partial charge in [-0.05, 0) is 51.7 Å². The molecule has 11 heteroatoms. The first-order valence-electron chi connectivity index (χ1n) is 8.80. The van der Waals surface area contributed by atoms with E-state index < -0.39 is 0 Å². The molecule has 1 aromatic rings. The maximum Gasteiger partial charge on any atom is 3.00 e. The number of hydrazone groups is 2. The van der Waals surface area contributed by atoms with Gasteiger partial charge in [0.05, 0.1) is 22.8 Å². The van der Waals surface area contributed by atoms with Crippen LogP contribution in [-0.4, -0.2) is 52.6 Å². The molecule has 0 aliphatic carbocycles. The normalized spacial score (nSPS) is 17.6. The maximum atomic E-state index is 4.68. The van der Waals surface area contributed by atoms with Gasteiger partial charge in [-0.25, -0.2) is 26.1 Å². The fourth-order valence-electron chi connectivity index (χ4n) is 2.88. The number of hydrazine groups is 2. The molecule has 2 saturated heterocycles. The standard InChI is InChI=1S/C17H27N7.3ClH.Fe/c1-14(19-21-23-10-3-4-11-23)16-8-7-9-17(18-16)15(2)20-22-24-12-5-6-13-24;;;;/h7-9,21-22H,3-6,10-13H2,1-2H3;3*1H;/q;;;;+3/p-3. The molecule has 0 atom stereocenters. The summed E-state index contributed by atoms with van der Waals surface area (Å²) in [6, 6.07) is 5.96. The molecule has 0 unspecified atom stereocenters. The molecule has 1 aromatic heterocycles. The maximum absolute atomic E-state index is 4.68. The topological polar surface area (TPSA) is 68.2 Å². The molecule has 0 amide bonds. The largest absolute Gasteiger partial charge is 3.00 e. The summed E-state index contributed by atoms with van der Waals surface area (Å²) < 4.78 is 0. The Morgan fingerprint density at radius 3 is 1.50 bits per heavy atom. The quantitative estimate of drug-likeness (QED) is 0.235. The molecule has 2 fully saturated rings. The summed E-state index contributed by atoms with van der Waals surface area (Å²) in [7, 11) is 0. The van der Waals surface area contributed by atoms with Gasteiger partial charge in [-0.1, -0.05) is 6.07 Å². The number of nitrogens with one attached hydrogen (secondary N) is 2. The molecule has 0 bridgehead atoms. The van der Waals surface area contributed by atoms with E-state index in [0.29, 0.717) is 0 Å². The van der Waals surface area contributed by atoms with Crippen LogP contribution >= 0.6 is 0 Å². The average Bonchev–Trinajstić information content (AvgIpc) is 3.31. The summed E-state index contributed by atoms with van der Waals surface area (Å²) in [5.41, 5.74) is 9.74. The molecule has 2 N–H and O–H groups in total. The molecule has 0 aromatic carbocycles. The Kier molecular flexibility index (Phi) is 16.1. The van der Waals surface area contributed by atoms with Gasteiger partial charge in [0, 0.05) is 26.2 Å². The van der Waals surface area contributed by atoms with E-state index in [0.717, 1.165) is 49.0 Å². The van der Waals surface area contributed by atoms with Gasteiger partial charge in [-0.3, -0.25) is 0 Å². The van der Waals surface area contributed by atoms with Crippen LogP contribution in [0, 0.1) is 0 Å². The molecule has 3 rings (SSSR count). The molecule has 7 nitrogen and oxygen atoms in total. The fourth-order valence-corrected chi connectivity index (χ4v) is 2.88. The van der Waals surface area contributed by atoms with Crippen LogP contribution in [0.5, 0.6) is 0 Å².